The Kier molecular flexibility index (Phi) is 7.15. The number of carbonyl (C=O) groups is 2. The highest BCUT2D eigenvalue weighted by Gasteiger charge is 2.18. The first-order valence-electron chi connectivity index (χ1n) is 10.9. The predicted molar refractivity (Wildman–Crippen MR) is 136 cm³/mol. The van der Waals surface area contributed by atoms with Crippen molar-refractivity contribution >= 4 is 39.2 Å². The summed E-state index contributed by atoms with van der Waals surface area (Å²) in [7, 11) is -0.797. The van der Waals surface area contributed by atoms with E-state index >= 15 is 0 Å². The lowest BCUT2D eigenvalue weighted by atomic mass is 10.2. The summed E-state index contributed by atoms with van der Waals surface area (Å²) in [6.45, 7) is 1.72. The smallest absolute Gasteiger partial charge is 0.264 e. The van der Waals surface area contributed by atoms with Gasteiger partial charge < -0.3 is 15.4 Å². The minimum absolute atomic E-state index is 0.0130. The minimum Gasteiger partial charge on any atom is -0.479 e. The molecule has 0 radical (unpaired) electrons. The molecule has 190 valence electrons. The molecular weight excluding hydrogens is 498 g/mol. The van der Waals surface area contributed by atoms with Crippen molar-refractivity contribution in [3.8, 4) is 5.88 Å². The van der Waals surface area contributed by atoms with Gasteiger partial charge in [0.05, 0.1) is 12.0 Å². The molecule has 2 heterocycles. The number of methoxy groups -OCH3 is 1. The maximum absolute atomic E-state index is 12.6. The highest BCUT2D eigenvalue weighted by atomic mass is 32.2. The zero-order valence-electron chi connectivity index (χ0n) is 20.1. The number of aryl methyl sites for hydroxylation is 2. The molecule has 0 aliphatic carbocycles. The third kappa shape index (κ3) is 6.08. The van der Waals surface area contributed by atoms with Gasteiger partial charge >= 0.3 is 0 Å². The first-order chi connectivity index (χ1) is 17.6. The average Bonchev–Trinajstić information content (AvgIpc) is 3.25. The molecule has 0 saturated heterocycles. The molecule has 3 N–H and O–H groups in total. The van der Waals surface area contributed by atoms with Crippen molar-refractivity contribution in [3.63, 3.8) is 0 Å². The van der Waals surface area contributed by atoms with E-state index in [0.717, 1.165) is 0 Å². The standard InChI is InChI=1S/C24H23N7O5S/c1-15-12-13-25-24(26-15)30-37(34,35)19-10-8-18(9-11-19)27-21(32)16-4-6-17(7-5-16)28-22(33)20-14-31(2)29-23(20)36-3/h4-14H,1-3H3,(H,27,32)(H,28,33)(H,25,26,30). The summed E-state index contributed by atoms with van der Waals surface area (Å²) >= 11 is 0. The number of nitrogens with one attached hydrogen (secondary N) is 3. The molecule has 0 bridgehead atoms. The molecule has 0 unspecified atom stereocenters. The molecule has 0 aliphatic rings. The fourth-order valence-electron chi connectivity index (χ4n) is 3.28. The van der Waals surface area contributed by atoms with Gasteiger partial charge in [-0.05, 0) is 61.5 Å². The average molecular weight is 522 g/mol. The van der Waals surface area contributed by atoms with Crippen LogP contribution in [0, 0.1) is 6.92 Å². The number of amides is 2. The Hall–Kier alpha value is -4.78. The van der Waals surface area contributed by atoms with Crippen molar-refractivity contribution in [2.75, 3.05) is 22.5 Å². The molecule has 0 saturated carbocycles. The monoisotopic (exact) mass is 521 g/mol. The van der Waals surface area contributed by atoms with Gasteiger partial charge in [0.15, 0.2) is 0 Å². The van der Waals surface area contributed by atoms with Gasteiger partial charge in [0.2, 0.25) is 11.8 Å². The molecule has 0 atom stereocenters. The Morgan fingerprint density at radius 2 is 1.54 bits per heavy atom. The molecule has 12 nitrogen and oxygen atoms in total. The Morgan fingerprint density at radius 1 is 0.919 bits per heavy atom. The number of benzene rings is 2. The minimum atomic E-state index is -3.90. The van der Waals surface area contributed by atoms with Crippen molar-refractivity contribution in [2.45, 2.75) is 11.8 Å². The van der Waals surface area contributed by atoms with E-state index in [1.54, 1.807) is 50.5 Å². The van der Waals surface area contributed by atoms with E-state index in [1.165, 1.54) is 42.3 Å². The lowest BCUT2D eigenvalue weighted by Gasteiger charge is -2.09. The Morgan fingerprint density at radius 3 is 2.16 bits per heavy atom. The van der Waals surface area contributed by atoms with Crippen molar-refractivity contribution in [3.05, 3.63) is 83.8 Å². The zero-order chi connectivity index (χ0) is 26.6. The van der Waals surface area contributed by atoms with E-state index in [0.29, 0.717) is 22.6 Å². The number of carbonyl (C=O) groups excluding carboxylic acids is 2. The summed E-state index contributed by atoms with van der Waals surface area (Å²) in [4.78, 5) is 33.1. The molecule has 2 aromatic heterocycles. The summed E-state index contributed by atoms with van der Waals surface area (Å²) in [6.07, 6.45) is 3.00. The molecule has 2 amide bonds. The molecule has 0 aliphatic heterocycles. The number of aromatic nitrogens is 4. The Balaban J connectivity index is 1.38. The topological polar surface area (TPSA) is 157 Å². The van der Waals surface area contributed by atoms with E-state index in [1.807, 2.05) is 0 Å². The van der Waals surface area contributed by atoms with Gasteiger partial charge in [-0.25, -0.2) is 23.1 Å². The fraction of sp³-hybridized carbons (Fsp3) is 0.125. The molecule has 37 heavy (non-hydrogen) atoms. The van der Waals surface area contributed by atoms with Crippen LogP contribution in [0.3, 0.4) is 0 Å². The number of sulfonamides is 1. The number of hydrogen-bond acceptors (Lipinski definition) is 8. The number of nitrogens with zero attached hydrogens (tertiary/aromatic N) is 4. The van der Waals surface area contributed by atoms with Gasteiger partial charge in [-0.2, -0.15) is 0 Å². The van der Waals surface area contributed by atoms with Gasteiger partial charge in [-0.15, -0.1) is 5.10 Å². The number of hydrogen-bond donors (Lipinski definition) is 3. The molecular formula is C24H23N7O5S. The van der Waals surface area contributed by atoms with Crippen molar-refractivity contribution in [1.82, 2.24) is 19.7 Å². The van der Waals surface area contributed by atoms with Crippen molar-refractivity contribution < 1.29 is 22.7 Å². The largest absolute Gasteiger partial charge is 0.479 e. The number of anilines is 3. The van der Waals surface area contributed by atoms with E-state index in [2.05, 4.69) is 30.4 Å². The van der Waals surface area contributed by atoms with E-state index in [-0.39, 0.29) is 22.3 Å². The third-order valence-electron chi connectivity index (χ3n) is 5.08. The number of ether oxygens (including phenoxy) is 1. The summed E-state index contributed by atoms with van der Waals surface area (Å²) in [5.41, 5.74) is 2.12. The highest BCUT2D eigenvalue weighted by Crippen LogP contribution is 2.20. The maximum atomic E-state index is 12.6. The van der Waals surface area contributed by atoms with Crippen LogP contribution in [-0.2, 0) is 17.1 Å². The molecule has 0 spiro atoms. The van der Waals surface area contributed by atoms with Crippen LogP contribution in [0.2, 0.25) is 0 Å². The molecule has 4 aromatic rings. The second-order valence-electron chi connectivity index (χ2n) is 7.86. The second kappa shape index (κ2) is 10.5. The fourth-order valence-corrected chi connectivity index (χ4v) is 4.23. The number of rotatable bonds is 8. The van der Waals surface area contributed by atoms with Gasteiger partial charge in [0.1, 0.15) is 5.56 Å². The van der Waals surface area contributed by atoms with Crippen LogP contribution in [0.1, 0.15) is 26.4 Å². The second-order valence-corrected chi connectivity index (χ2v) is 9.55. The first-order valence-corrected chi connectivity index (χ1v) is 12.4. The van der Waals surface area contributed by atoms with E-state index in [4.69, 9.17) is 4.74 Å². The van der Waals surface area contributed by atoms with Crippen LogP contribution in [0.5, 0.6) is 5.88 Å². The maximum Gasteiger partial charge on any atom is 0.264 e. The molecule has 2 aromatic carbocycles. The summed E-state index contributed by atoms with van der Waals surface area (Å²) in [6, 6.07) is 13.6. The van der Waals surface area contributed by atoms with Gasteiger partial charge in [0, 0.05) is 42.1 Å². The molecule has 13 heteroatoms. The lowest BCUT2D eigenvalue weighted by Crippen LogP contribution is -2.16. The summed E-state index contributed by atoms with van der Waals surface area (Å²) in [5, 5.41) is 9.48. The van der Waals surface area contributed by atoms with Gasteiger partial charge in [-0.3, -0.25) is 14.3 Å². The summed E-state index contributed by atoms with van der Waals surface area (Å²) < 4.78 is 34.1. The SMILES string of the molecule is COc1nn(C)cc1C(=O)Nc1ccc(C(=O)Nc2ccc(S(=O)(=O)Nc3nccc(C)n3)cc2)cc1. The lowest BCUT2D eigenvalue weighted by molar-refractivity contribution is 0.101. The van der Waals surface area contributed by atoms with E-state index in [9.17, 15) is 18.0 Å². The molecule has 0 fully saturated rings. The van der Waals surface area contributed by atoms with Gasteiger partial charge in [-0.1, -0.05) is 0 Å². The van der Waals surface area contributed by atoms with Crippen LogP contribution in [0.4, 0.5) is 17.3 Å². The third-order valence-corrected chi connectivity index (χ3v) is 6.42. The molecule has 4 rings (SSSR count). The van der Waals surface area contributed by atoms with Crippen LogP contribution in [0.15, 0.2) is 71.9 Å². The normalized spacial score (nSPS) is 11.0. The van der Waals surface area contributed by atoms with Gasteiger partial charge in [0.25, 0.3) is 21.8 Å². The highest BCUT2D eigenvalue weighted by molar-refractivity contribution is 7.92. The van der Waals surface area contributed by atoms with Crippen molar-refractivity contribution in [2.24, 2.45) is 7.05 Å². The van der Waals surface area contributed by atoms with E-state index < -0.39 is 21.8 Å². The zero-order valence-corrected chi connectivity index (χ0v) is 20.9. The van der Waals surface area contributed by atoms with Crippen LogP contribution in [-0.4, -0.2) is 47.1 Å². The Labute approximate surface area is 212 Å². The van der Waals surface area contributed by atoms with Crippen LogP contribution in [0.25, 0.3) is 0 Å². The predicted octanol–water partition coefficient (Wildman–Crippen LogP) is 2.83. The Bertz CT molecular complexity index is 1550. The summed E-state index contributed by atoms with van der Waals surface area (Å²) in [5.74, 6) is -0.639. The van der Waals surface area contributed by atoms with Crippen LogP contribution < -0.4 is 20.1 Å². The first kappa shape index (κ1) is 25.3. The quantitative estimate of drug-likeness (QED) is 0.319. The van der Waals surface area contributed by atoms with Crippen LogP contribution >= 0.6 is 0 Å². The van der Waals surface area contributed by atoms with Crippen molar-refractivity contribution in [1.29, 1.82) is 0 Å².